The predicted molar refractivity (Wildman–Crippen MR) is 74.8 cm³/mol. The summed E-state index contributed by atoms with van der Waals surface area (Å²) < 4.78 is 30.9. The second-order valence-corrected chi connectivity index (χ2v) is 7.06. The first kappa shape index (κ1) is 15.4. The van der Waals surface area contributed by atoms with Crippen LogP contribution in [0.15, 0.2) is 4.52 Å². The van der Waals surface area contributed by atoms with E-state index in [0.29, 0.717) is 37.1 Å². The number of nitrogens with one attached hydrogen (secondary N) is 2. The van der Waals surface area contributed by atoms with Crippen LogP contribution in [-0.4, -0.2) is 43.4 Å². The van der Waals surface area contributed by atoms with Gasteiger partial charge in [-0.15, -0.1) is 0 Å². The first-order valence-electron chi connectivity index (χ1n) is 7.05. The maximum absolute atomic E-state index is 11.7. The number of aromatic nitrogens is 2. The van der Waals surface area contributed by atoms with Gasteiger partial charge in [-0.1, -0.05) is 5.16 Å². The Bertz CT molecular complexity index is 511. The van der Waals surface area contributed by atoms with Gasteiger partial charge in [0.05, 0.1) is 5.75 Å². The van der Waals surface area contributed by atoms with Crippen molar-refractivity contribution in [2.75, 3.05) is 18.8 Å². The van der Waals surface area contributed by atoms with Crippen LogP contribution in [0.1, 0.15) is 37.4 Å². The second kappa shape index (κ2) is 7.14. The van der Waals surface area contributed by atoms with E-state index in [4.69, 9.17) is 4.52 Å². The molecule has 0 amide bonds. The molecular weight excluding hydrogens is 280 g/mol. The highest BCUT2D eigenvalue weighted by molar-refractivity contribution is 7.89. The molecule has 0 radical (unpaired) electrons. The molecule has 1 aliphatic rings. The van der Waals surface area contributed by atoms with Crippen molar-refractivity contribution in [2.45, 2.75) is 45.1 Å². The molecule has 1 aliphatic carbocycles. The van der Waals surface area contributed by atoms with Gasteiger partial charge in [0.25, 0.3) is 0 Å². The number of nitrogens with zero attached hydrogens (tertiary/aromatic N) is 2. The zero-order chi connectivity index (χ0) is 14.4. The van der Waals surface area contributed by atoms with E-state index in [-0.39, 0.29) is 5.75 Å². The van der Waals surface area contributed by atoms with Crippen molar-refractivity contribution in [3.8, 4) is 0 Å². The fraction of sp³-hybridized carbons (Fsp3) is 0.833. The highest BCUT2D eigenvalue weighted by atomic mass is 32.2. The summed E-state index contributed by atoms with van der Waals surface area (Å²) in [5.74, 6) is 1.19. The summed E-state index contributed by atoms with van der Waals surface area (Å²) >= 11 is 0. The summed E-state index contributed by atoms with van der Waals surface area (Å²) in [6, 6.07) is 0.683. The number of aryl methyl sites for hydroxylation is 1. The van der Waals surface area contributed by atoms with Crippen molar-refractivity contribution >= 4 is 10.0 Å². The SMILES string of the molecule is Cc1noc(CCNS(=O)(=O)CCCCNC2CC2)n1. The van der Waals surface area contributed by atoms with E-state index in [1.807, 2.05) is 0 Å². The normalized spacial score (nSPS) is 15.7. The van der Waals surface area contributed by atoms with E-state index in [9.17, 15) is 8.42 Å². The molecule has 1 saturated carbocycles. The lowest BCUT2D eigenvalue weighted by atomic mass is 10.3. The Morgan fingerprint density at radius 3 is 2.75 bits per heavy atom. The van der Waals surface area contributed by atoms with E-state index >= 15 is 0 Å². The fourth-order valence-electron chi connectivity index (χ4n) is 1.84. The number of rotatable bonds is 10. The molecule has 1 aromatic rings. The third-order valence-electron chi connectivity index (χ3n) is 3.08. The van der Waals surface area contributed by atoms with E-state index in [1.54, 1.807) is 6.92 Å². The third-order valence-corrected chi connectivity index (χ3v) is 4.55. The predicted octanol–water partition coefficient (Wildman–Crippen LogP) is 0.372. The van der Waals surface area contributed by atoms with Crippen molar-refractivity contribution in [1.29, 1.82) is 0 Å². The molecule has 1 fully saturated rings. The lowest BCUT2D eigenvalue weighted by molar-refractivity contribution is 0.375. The highest BCUT2D eigenvalue weighted by Gasteiger charge is 2.19. The van der Waals surface area contributed by atoms with Crippen LogP contribution in [0.25, 0.3) is 0 Å². The van der Waals surface area contributed by atoms with Crippen molar-refractivity contribution in [1.82, 2.24) is 20.2 Å². The van der Waals surface area contributed by atoms with Crippen molar-refractivity contribution in [3.05, 3.63) is 11.7 Å². The van der Waals surface area contributed by atoms with Gasteiger partial charge in [0, 0.05) is 19.0 Å². The first-order valence-corrected chi connectivity index (χ1v) is 8.70. The summed E-state index contributed by atoms with van der Waals surface area (Å²) in [6.07, 6.45) is 4.50. The molecule has 7 nitrogen and oxygen atoms in total. The summed E-state index contributed by atoms with van der Waals surface area (Å²) in [6.45, 7) is 2.93. The summed E-state index contributed by atoms with van der Waals surface area (Å²) in [4.78, 5) is 4.02. The molecule has 0 bridgehead atoms. The van der Waals surface area contributed by atoms with Gasteiger partial charge < -0.3 is 9.84 Å². The Labute approximate surface area is 119 Å². The standard InChI is InChI=1S/C12H22N4O3S/c1-10-15-12(19-16-10)6-8-14-20(17,18)9-3-2-7-13-11-4-5-11/h11,13-14H,2-9H2,1H3. The number of sulfonamides is 1. The number of unbranched alkanes of at least 4 members (excludes halogenated alkanes) is 1. The fourth-order valence-corrected chi connectivity index (χ4v) is 2.98. The summed E-state index contributed by atoms with van der Waals surface area (Å²) in [7, 11) is -3.20. The van der Waals surface area contributed by atoms with E-state index in [1.165, 1.54) is 12.8 Å². The molecule has 0 aliphatic heterocycles. The topological polar surface area (TPSA) is 97.1 Å². The largest absolute Gasteiger partial charge is 0.339 e. The van der Waals surface area contributed by atoms with Gasteiger partial charge in [0.1, 0.15) is 0 Å². The molecule has 0 aromatic carbocycles. The van der Waals surface area contributed by atoms with Crippen LogP contribution in [0.4, 0.5) is 0 Å². The van der Waals surface area contributed by atoms with Gasteiger partial charge in [-0.2, -0.15) is 4.98 Å². The third kappa shape index (κ3) is 5.98. The van der Waals surface area contributed by atoms with Crippen LogP contribution in [0.3, 0.4) is 0 Å². The minimum absolute atomic E-state index is 0.169. The van der Waals surface area contributed by atoms with Crippen LogP contribution in [0.5, 0.6) is 0 Å². The Morgan fingerprint density at radius 2 is 2.10 bits per heavy atom. The minimum atomic E-state index is -3.20. The lowest BCUT2D eigenvalue weighted by Crippen LogP contribution is -2.29. The number of hydrogen-bond donors (Lipinski definition) is 2. The molecule has 8 heteroatoms. The molecule has 0 unspecified atom stereocenters. The molecule has 1 aromatic heterocycles. The van der Waals surface area contributed by atoms with Gasteiger partial charge >= 0.3 is 0 Å². The maximum atomic E-state index is 11.7. The van der Waals surface area contributed by atoms with Crippen LogP contribution < -0.4 is 10.0 Å². The van der Waals surface area contributed by atoms with Gasteiger partial charge in [-0.3, -0.25) is 0 Å². The van der Waals surface area contributed by atoms with Crippen LogP contribution in [0.2, 0.25) is 0 Å². The monoisotopic (exact) mass is 302 g/mol. The van der Waals surface area contributed by atoms with Crippen LogP contribution in [-0.2, 0) is 16.4 Å². The zero-order valence-corrected chi connectivity index (χ0v) is 12.6. The average molecular weight is 302 g/mol. The minimum Gasteiger partial charge on any atom is -0.339 e. The average Bonchev–Trinajstić information content (AvgIpc) is 3.11. The highest BCUT2D eigenvalue weighted by Crippen LogP contribution is 2.18. The van der Waals surface area contributed by atoms with Gasteiger partial charge in [-0.05, 0) is 39.2 Å². The number of hydrogen-bond acceptors (Lipinski definition) is 6. The molecule has 20 heavy (non-hydrogen) atoms. The smallest absolute Gasteiger partial charge is 0.227 e. The molecule has 0 saturated heterocycles. The molecular formula is C12H22N4O3S. The zero-order valence-electron chi connectivity index (χ0n) is 11.8. The molecule has 2 N–H and O–H groups in total. The Kier molecular flexibility index (Phi) is 5.50. The van der Waals surface area contributed by atoms with Crippen molar-refractivity contribution < 1.29 is 12.9 Å². The summed E-state index contributed by atoms with van der Waals surface area (Å²) in [5.41, 5.74) is 0. The van der Waals surface area contributed by atoms with Crippen LogP contribution in [0, 0.1) is 6.92 Å². The van der Waals surface area contributed by atoms with Crippen molar-refractivity contribution in [2.24, 2.45) is 0 Å². The first-order chi connectivity index (χ1) is 9.55. The van der Waals surface area contributed by atoms with Gasteiger partial charge in [0.2, 0.25) is 15.9 Å². The summed E-state index contributed by atoms with van der Waals surface area (Å²) in [5, 5.41) is 7.02. The molecule has 0 atom stereocenters. The Hall–Kier alpha value is -0.990. The molecule has 0 spiro atoms. The Balaban J connectivity index is 1.55. The molecule has 1 heterocycles. The molecule has 2 rings (SSSR count). The van der Waals surface area contributed by atoms with E-state index in [0.717, 1.165) is 13.0 Å². The second-order valence-electron chi connectivity index (χ2n) is 5.13. The molecule has 114 valence electrons. The van der Waals surface area contributed by atoms with E-state index in [2.05, 4.69) is 20.2 Å². The maximum Gasteiger partial charge on any atom is 0.227 e. The van der Waals surface area contributed by atoms with E-state index < -0.39 is 10.0 Å². The van der Waals surface area contributed by atoms with Crippen molar-refractivity contribution in [3.63, 3.8) is 0 Å². The quantitative estimate of drug-likeness (QED) is 0.606. The van der Waals surface area contributed by atoms with Crippen LogP contribution >= 0.6 is 0 Å². The van der Waals surface area contributed by atoms with Gasteiger partial charge in [-0.25, -0.2) is 13.1 Å². The Morgan fingerprint density at radius 1 is 1.30 bits per heavy atom. The lowest BCUT2D eigenvalue weighted by Gasteiger charge is -2.06. The van der Waals surface area contributed by atoms with Gasteiger partial charge in [0.15, 0.2) is 5.82 Å².